The van der Waals surface area contributed by atoms with Gasteiger partial charge in [0.05, 0.1) is 0 Å². The van der Waals surface area contributed by atoms with Gasteiger partial charge in [0.25, 0.3) is 0 Å². The highest BCUT2D eigenvalue weighted by atomic mass is 14.6. The maximum atomic E-state index is 4.36. The zero-order valence-electron chi connectivity index (χ0n) is 16.0. The van der Waals surface area contributed by atoms with E-state index >= 15 is 0 Å². The van der Waals surface area contributed by atoms with Gasteiger partial charge in [0.1, 0.15) is 0 Å². The van der Waals surface area contributed by atoms with Crippen LogP contribution < -0.4 is 0 Å². The van der Waals surface area contributed by atoms with Gasteiger partial charge in [-0.2, -0.15) is 0 Å². The fourth-order valence-electron chi connectivity index (χ4n) is 8.42. The van der Waals surface area contributed by atoms with Gasteiger partial charge in [-0.1, -0.05) is 39.3 Å². The predicted octanol–water partition coefficient (Wildman–Crippen LogP) is 6.86. The summed E-state index contributed by atoms with van der Waals surface area (Å²) in [6.07, 6.45) is 13.5. The van der Waals surface area contributed by atoms with Crippen LogP contribution in [0.2, 0.25) is 0 Å². The van der Waals surface area contributed by atoms with E-state index in [2.05, 4.69) is 34.3 Å². The Morgan fingerprint density at radius 1 is 0.870 bits per heavy atom. The van der Waals surface area contributed by atoms with Crippen LogP contribution in [0.15, 0.2) is 12.2 Å². The molecule has 4 aliphatic carbocycles. The summed E-state index contributed by atoms with van der Waals surface area (Å²) in [6, 6.07) is 0. The Morgan fingerprint density at radius 2 is 1.52 bits per heavy atom. The minimum atomic E-state index is 0.586. The van der Waals surface area contributed by atoms with Crippen LogP contribution in [-0.2, 0) is 0 Å². The molecule has 0 bridgehead atoms. The van der Waals surface area contributed by atoms with Crippen molar-refractivity contribution in [1.29, 1.82) is 0 Å². The van der Waals surface area contributed by atoms with E-state index in [0.717, 1.165) is 35.5 Å². The predicted molar refractivity (Wildman–Crippen MR) is 99.2 cm³/mol. The molecule has 4 saturated carbocycles. The lowest BCUT2D eigenvalue weighted by Crippen LogP contribution is -2.51. The molecule has 0 aromatic carbocycles. The highest BCUT2D eigenvalue weighted by Gasteiger charge is 2.58. The van der Waals surface area contributed by atoms with Gasteiger partial charge in [0.2, 0.25) is 0 Å². The molecule has 0 heteroatoms. The topological polar surface area (TPSA) is 0 Å². The number of rotatable bonds is 1. The molecule has 8 atom stereocenters. The van der Waals surface area contributed by atoms with Crippen LogP contribution >= 0.6 is 0 Å². The molecule has 0 amide bonds. The molecule has 4 fully saturated rings. The molecule has 0 spiro atoms. The molecule has 130 valence electrons. The first-order valence-electron chi connectivity index (χ1n) is 10.5. The third kappa shape index (κ3) is 2.30. The molecule has 0 nitrogen and oxygen atoms in total. The molecular weight excluding hydrogens is 276 g/mol. The minimum absolute atomic E-state index is 0.586. The fourth-order valence-corrected chi connectivity index (χ4v) is 8.42. The third-order valence-electron chi connectivity index (χ3n) is 9.33. The molecule has 2 unspecified atom stereocenters. The van der Waals surface area contributed by atoms with Crippen LogP contribution in [0.1, 0.15) is 85.5 Å². The highest BCUT2D eigenvalue weighted by Crippen LogP contribution is 2.67. The highest BCUT2D eigenvalue weighted by molar-refractivity contribution is 5.14. The zero-order valence-corrected chi connectivity index (χ0v) is 16.0. The summed E-state index contributed by atoms with van der Waals surface area (Å²) in [5, 5.41) is 0. The Bertz CT molecular complexity index is 490. The first kappa shape index (κ1) is 16.2. The summed E-state index contributed by atoms with van der Waals surface area (Å²) in [7, 11) is 0. The molecule has 0 aromatic heterocycles. The normalized spacial score (nSPS) is 55.7. The molecule has 4 rings (SSSR count). The van der Waals surface area contributed by atoms with E-state index in [0.29, 0.717) is 10.8 Å². The number of allylic oxidation sites excluding steroid dienone is 1. The van der Waals surface area contributed by atoms with Gasteiger partial charge < -0.3 is 0 Å². The average Bonchev–Trinajstić information content (AvgIpc) is 2.83. The lowest BCUT2D eigenvalue weighted by Gasteiger charge is -2.60. The van der Waals surface area contributed by atoms with E-state index in [1.54, 1.807) is 0 Å². The van der Waals surface area contributed by atoms with Gasteiger partial charge >= 0.3 is 0 Å². The molecule has 0 saturated heterocycles. The van der Waals surface area contributed by atoms with Crippen molar-refractivity contribution in [2.24, 2.45) is 46.3 Å². The van der Waals surface area contributed by atoms with Gasteiger partial charge in [-0.05, 0) is 105 Å². The van der Waals surface area contributed by atoms with Gasteiger partial charge in [-0.15, -0.1) is 0 Å². The maximum Gasteiger partial charge on any atom is -0.0152 e. The van der Waals surface area contributed by atoms with Gasteiger partial charge in [-0.3, -0.25) is 0 Å². The SMILES string of the molecule is C=C(C)[C@H]1CCC2[C@@H]3CC[C@]4(C)C[C@@H](C)CC[C@@H]4C3CC[C@@]21C. The number of fused-ring (bicyclic) bond motifs is 5. The van der Waals surface area contributed by atoms with Gasteiger partial charge in [-0.25, -0.2) is 0 Å². The van der Waals surface area contributed by atoms with Crippen molar-refractivity contribution >= 4 is 0 Å². The fraction of sp³-hybridized carbons (Fsp3) is 0.913. The van der Waals surface area contributed by atoms with E-state index in [1.807, 2.05) is 0 Å². The summed E-state index contributed by atoms with van der Waals surface area (Å²) < 4.78 is 0. The monoisotopic (exact) mass is 314 g/mol. The summed E-state index contributed by atoms with van der Waals surface area (Å²) in [6.45, 7) is 14.5. The summed E-state index contributed by atoms with van der Waals surface area (Å²) in [5.74, 6) is 5.94. The van der Waals surface area contributed by atoms with Crippen LogP contribution in [0.25, 0.3) is 0 Å². The Morgan fingerprint density at radius 3 is 2.26 bits per heavy atom. The van der Waals surface area contributed by atoms with Crippen molar-refractivity contribution < 1.29 is 0 Å². The van der Waals surface area contributed by atoms with Gasteiger partial charge in [0, 0.05) is 0 Å². The first-order chi connectivity index (χ1) is 10.8. The van der Waals surface area contributed by atoms with Crippen LogP contribution in [0.4, 0.5) is 0 Å². The van der Waals surface area contributed by atoms with Crippen molar-refractivity contribution in [3.63, 3.8) is 0 Å². The van der Waals surface area contributed by atoms with Crippen LogP contribution in [0.3, 0.4) is 0 Å². The van der Waals surface area contributed by atoms with Crippen molar-refractivity contribution in [3.8, 4) is 0 Å². The molecule has 0 aromatic rings. The van der Waals surface area contributed by atoms with Crippen molar-refractivity contribution in [1.82, 2.24) is 0 Å². The quantitative estimate of drug-likeness (QED) is 0.464. The molecule has 4 aliphatic rings. The van der Waals surface area contributed by atoms with E-state index in [1.165, 1.54) is 63.4 Å². The van der Waals surface area contributed by atoms with Crippen molar-refractivity contribution in [2.75, 3.05) is 0 Å². The van der Waals surface area contributed by atoms with E-state index in [-0.39, 0.29) is 0 Å². The van der Waals surface area contributed by atoms with Crippen molar-refractivity contribution in [3.05, 3.63) is 12.2 Å². The zero-order chi connectivity index (χ0) is 16.4. The lowest BCUT2D eigenvalue weighted by atomic mass is 9.45. The van der Waals surface area contributed by atoms with E-state index in [9.17, 15) is 0 Å². The summed E-state index contributed by atoms with van der Waals surface area (Å²) >= 11 is 0. The molecule has 0 aliphatic heterocycles. The largest absolute Gasteiger partial charge is 0.0998 e. The molecule has 0 radical (unpaired) electrons. The Kier molecular flexibility index (Phi) is 3.79. The summed E-state index contributed by atoms with van der Waals surface area (Å²) in [5.41, 5.74) is 2.74. The van der Waals surface area contributed by atoms with Crippen LogP contribution in [0.5, 0.6) is 0 Å². The first-order valence-corrected chi connectivity index (χ1v) is 10.5. The lowest BCUT2D eigenvalue weighted by molar-refractivity contribution is -0.100. The Hall–Kier alpha value is -0.260. The van der Waals surface area contributed by atoms with Crippen LogP contribution in [-0.4, -0.2) is 0 Å². The number of hydrogen-bond donors (Lipinski definition) is 0. The van der Waals surface area contributed by atoms with Gasteiger partial charge in [0.15, 0.2) is 0 Å². The van der Waals surface area contributed by atoms with E-state index in [4.69, 9.17) is 0 Å². The summed E-state index contributed by atoms with van der Waals surface area (Å²) in [4.78, 5) is 0. The molecule has 0 N–H and O–H groups in total. The second-order valence-corrected chi connectivity index (χ2v) is 10.6. The smallest absolute Gasteiger partial charge is 0.0152 e. The second kappa shape index (κ2) is 5.37. The maximum absolute atomic E-state index is 4.36. The minimum Gasteiger partial charge on any atom is -0.0998 e. The third-order valence-corrected chi connectivity index (χ3v) is 9.33. The molecular formula is C23H38. The average molecular weight is 315 g/mol. The standard InChI is InChI=1S/C23H38/c1-15(2)19-8-9-21-18-10-12-22(4)14-16(3)6-7-20(22)17(18)11-13-23(19,21)5/h16-21H,1,6-14H2,2-5H3/t16-,17?,18+,19+,20+,21?,22+,23+/m0/s1. The Balaban J connectivity index is 1.60. The second-order valence-electron chi connectivity index (χ2n) is 10.6. The molecule has 0 heterocycles. The molecule has 23 heavy (non-hydrogen) atoms. The van der Waals surface area contributed by atoms with Crippen molar-refractivity contribution in [2.45, 2.75) is 85.5 Å². The Labute approximate surface area is 144 Å². The number of hydrogen-bond acceptors (Lipinski definition) is 0. The van der Waals surface area contributed by atoms with E-state index < -0.39 is 0 Å². The van der Waals surface area contributed by atoms with Crippen LogP contribution in [0, 0.1) is 46.3 Å².